The van der Waals surface area contributed by atoms with Crippen LogP contribution in [0.3, 0.4) is 0 Å². The average Bonchev–Trinajstić information content (AvgIpc) is 4.26. The van der Waals surface area contributed by atoms with Crippen molar-refractivity contribution in [2.75, 3.05) is 0 Å². The zero-order valence-corrected chi connectivity index (χ0v) is 47.4. The fraction of sp³-hybridized carbons (Fsp3) is 0.108. The topological polar surface area (TPSA) is 45.5 Å². The molecule has 6 heterocycles. The standard InChI is InChI=1S/C74H56N6S/c1-41-17-25-60-51(33-41)52-34-42(2)18-26-61(52)77(60)70-69(49-13-9-10-14-50(49)74-75-59-15-11-12-16-68(59)81-74)71(78-62-27-19-43(3)35-53(62)54-36-44(4)20-28-63(54)78)73(80-66-31-23-47(7)39-57(66)58-40-48(8)24-32-67(58)80)76-72(70)79-64-29-21-45(5)37-55(64)56-38-46(6)22-30-65(56)79/h9-40H,1-8H3. The SMILES string of the molecule is Cc1ccc2c(c1)c1cc(C)ccc1n2-c1nc(-n2c3ccc(C)cc3c3cc(C)ccc32)c(-n2c3ccc(C)cc3c3cc(C)ccc32)c(-c2ccccc2-c2nc3ccccc3s2)c1-n1c2ccc(C)cc2c2cc(C)ccc21. The molecule has 0 aliphatic rings. The molecule has 0 fully saturated rings. The Labute approximate surface area is 473 Å². The van der Waals surface area contributed by atoms with Crippen LogP contribution in [0.5, 0.6) is 0 Å². The number of hydrogen-bond acceptors (Lipinski definition) is 3. The highest BCUT2D eigenvalue weighted by molar-refractivity contribution is 7.21. The fourth-order valence-electron chi connectivity index (χ4n) is 13.3. The maximum atomic E-state index is 6.55. The first kappa shape index (κ1) is 47.4. The molecule has 0 saturated heterocycles. The molecule has 0 amide bonds. The van der Waals surface area contributed by atoms with Crippen LogP contribution in [0.1, 0.15) is 44.5 Å². The summed E-state index contributed by atoms with van der Waals surface area (Å²) in [5.41, 5.74) is 24.5. The summed E-state index contributed by atoms with van der Waals surface area (Å²) in [5.74, 6) is 1.63. The monoisotopic (exact) mass is 1060 g/mol. The van der Waals surface area contributed by atoms with E-state index in [4.69, 9.17) is 9.97 Å². The number of pyridine rings is 1. The second-order valence-corrected chi connectivity index (χ2v) is 23.9. The van der Waals surface area contributed by atoms with Crippen molar-refractivity contribution in [3.8, 4) is 44.7 Å². The number of rotatable bonds is 6. The molecule has 0 aliphatic heterocycles. The van der Waals surface area contributed by atoms with Crippen molar-refractivity contribution in [1.29, 1.82) is 0 Å². The number of hydrogen-bond donors (Lipinski definition) is 0. The van der Waals surface area contributed by atoms with Crippen LogP contribution < -0.4 is 0 Å². The zero-order valence-electron chi connectivity index (χ0n) is 46.6. The molecule has 7 heteroatoms. The summed E-state index contributed by atoms with van der Waals surface area (Å²) in [6.07, 6.45) is 0. The third-order valence-electron chi connectivity index (χ3n) is 17.0. The van der Waals surface area contributed by atoms with Crippen LogP contribution in [0.15, 0.2) is 194 Å². The van der Waals surface area contributed by atoms with Crippen LogP contribution >= 0.6 is 11.3 Å². The van der Waals surface area contributed by atoms with Crippen LogP contribution in [-0.4, -0.2) is 28.2 Å². The Kier molecular flexibility index (Phi) is 10.2. The molecule has 0 saturated carbocycles. The molecule has 0 radical (unpaired) electrons. The van der Waals surface area contributed by atoms with E-state index in [2.05, 4.69) is 268 Å². The smallest absolute Gasteiger partial charge is 0.165 e. The van der Waals surface area contributed by atoms with Crippen molar-refractivity contribution in [2.45, 2.75) is 55.4 Å². The summed E-state index contributed by atoms with van der Waals surface area (Å²) in [6.45, 7) is 17.6. The summed E-state index contributed by atoms with van der Waals surface area (Å²) >= 11 is 1.75. The van der Waals surface area contributed by atoms with E-state index in [0.717, 1.165) is 99.1 Å². The number of benzene rings is 10. The molecule has 388 valence electrons. The molecule has 0 atom stereocenters. The van der Waals surface area contributed by atoms with Crippen molar-refractivity contribution in [1.82, 2.24) is 28.2 Å². The predicted molar refractivity (Wildman–Crippen MR) is 344 cm³/mol. The Hall–Kier alpha value is -9.56. The molecule has 16 aromatic rings. The van der Waals surface area contributed by atoms with Gasteiger partial charge in [-0.25, -0.2) is 9.97 Å². The van der Waals surface area contributed by atoms with Crippen molar-refractivity contribution >= 4 is 109 Å². The molecule has 0 aliphatic carbocycles. The maximum Gasteiger partial charge on any atom is 0.165 e. The lowest BCUT2D eigenvalue weighted by molar-refractivity contribution is 0.961. The minimum Gasteiger partial charge on any atom is -0.305 e. The first-order valence-electron chi connectivity index (χ1n) is 28.0. The molecular formula is C74H56N6S. The normalized spacial score (nSPS) is 12.2. The number of para-hydroxylation sites is 1. The lowest BCUT2D eigenvalue weighted by Gasteiger charge is -2.27. The van der Waals surface area contributed by atoms with Gasteiger partial charge in [-0.15, -0.1) is 11.3 Å². The Balaban J connectivity index is 1.25. The highest BCUT2D eigenvalue weighted by Gasteiger charge is 2.34. The van der Waals surface area contributed by atoms with Gasteiger partial charge < -0.3 is 9.13 Å². The Morgan fingerprint density at radius 2 is 0.568 bits per heavy atom. The van der Waals surface area contributed by atoms with Crippen molar-refractivity contribution in [3.63, 3.8) is 0 Å². The van der Waals surface area contributed by atoms with E-state index in [1.165, 1.54) is 87.6 Å². The zero-order chi connectivity index (χ0) is 54.7. The first-order valence-corrected chi connectivity index (χ1v) is 28.9. The highest BCUT2D eigenvalue weighted by atomic mass is 32.1. The average molecular weight is 1060 g/mol. The van der Waals surface area contributed by atoms with E-state index in [0.29, 0.717) is 0 Å². The highest BCUT2D eigenvalue weighted by Crippen LogP contribution is 2.51. The van der Waals surface area contributed by atoms with Gasteiger partial charge in [0, 0.05) is 54.2 Å². The maximum absolute atomic E-state index is 6.55. The van der Waals surface area contributed by atoms with Crippen LogP contribution in [0.25, 0.3) is 142 Å². The molecule has 81 heavy (non-hydrogen) atoms. The minimum absolute atomic E-state index is 0.817. The van der Waals surface area contributed by atoms with Crippen molar-refractivity contribution in [3.05, 3.63) is 239 Å². The van der Waals surface area contributed by atoms with Gasteiger partial charge in [0.2, 0.25) is 0 Å². The molecule has 6 aromatic heterocycles. The van der Waals surface area contributed by atoms with Gasteiger partial charge in [-0.2, -0.15) is 0 Å². The molecular weight excluding hydrogens is 1000 g/mol. The van der Waals surface area contributed by atoms with Gasteiger partial charge >= 0.3 is 0 Å². The third-order valence-corrected chi connectivity index (χ3v) is 18.1. The Morgan fingerprint density at radius 1 is 0.284 bits per heavy atom. The molecule has 0 bridgehead atoms. The van der Waals surface area contributed by atoms with Gasteiger partial charge in [0.25, 0.3) is 0 Å². The molecule has 0 N–H and O–H groups in total. The Bertz CT molecular complexity index is 4860. The predicted octanol–water partition coefficient (Wildman–Crippen LogP) is 19.9. The van der Waals surface area contributed by atoms with E-state index in [1.54, 1.807) is 11.3 Å². The minimum atomic E-state index is 0.817. The van der Waals surface area contributed by atoms with Crippen LogP contribution in [0.2, 0.25) is 0 Å². The molecule has 10 aromatic carbocycles. The summed E-state index contributed by atoms with van der Waals surface area (Å²) in [5, 5.41) is 10.5. The molecule has 0 unspecified atom stereocenters. The number of nitrogens with zero attached hydrogens (tertiary/aromatic N) is 6. The lowest BCUT2D eigenvalue weighted by Crippen LogP contribution is -2.16. The quantitative estimate of drug-likeness (QED) is 0.167. The number of thiazole rings is 1. The van der Waals surface area contributed by atoms with Crippen molar-refractivity contribution in [2.24, 2.45) is 0 Å². The van der Waals surface area contributed by atoms with E-state index < -0.39 is 0 Å². The summed E-state index contributed by atoms with van der Waals surface area (Å²) in [4.78, 5) is 12.1. The van der Waals surface area contributed by atoms with E-state index in [-0.39, 0.29) is 0 Å². The number of fused-ring (bicyclic) bond motifs is 13. The van der Waals surface area contributed by atoms with Crippen LogP contribution in [-0.2, 0) is 0 Å². The van der Waals surface area contributed by atoms with Gasteiger partial charge in [-0.05, 0) is 170 Å². The van der Waals surface area contributed by atoms with E-state index >= 15 is 0 Å². The van der Waals surface area contributed by atoms with Gasteiger partial charge in [0.15, 0.2) is 11.6 Å². The van der Waals surface area contributed by atoms with E-state index in [1.807, 2.05) is 0 Å². The summed E-state index contributed by atoms with van der Waals surface area (Å²) in [7, 11) is 0. The van der Waals surface area contributed by atoms with Crippen LogP contribution in [0, 0.1) is 55.4 Å². The van der Waals surface area contributed by atoms with Gasteiger partial charge in [-0.3, -0.25) is 9.13 Å². The third kappa shape index (κ3) is 7.04. The summed E-state index contributed by atoms with van der Waals surface area (Å²) < 4.78 is 11.2. The second-order valence-electron chi connectivity index (χ2n) is 22.9. The summed E-state index contributed by atoms with van der Waals surface area (Å²) in [6, 6.07) is 73.2. The largest absolute Gasteiger partial charge is 0.305 e. The van der Waals surface area contributed by atoms with Crippen molar-refractivity contribution < 1.29 is 0 Å². The number of aromatic nitrogens is 6. The van der Waals surface area contributed by atoms with Gasteiger partial charge in [0.05, 0.1) is 54.4 Å². The van der Waals surface area contributed by atoms with Gasteiger partial charge in [0.1, 0.15) is 16.4 Å². The second kappa shape index (κ2) is 17.5. The number of aryl methyl sites for hydroxylation is 8. The first-order chi connectivity index (χ1) is 39.4. The Morgan fingerprint density at radius 3 is 0.889 bits per heavy atom. The molecule has 0 spiro atoms. The fourth-order valence-corrected chi connectivity index (χ4v) is 14.4. The van der Waals surface area contributed by atoms with Gasteiger partial charge in [-0.1, -0.05) is 129 Å². The van der Waals surface area contributed by atoms with Crippen LogP contribution in [0.4, 0.5) is 0 Å². The molecule has 16 rings (SSSR count). The lowest BCUT2D eigenvalue weighted by atomic mass is 9.95. The van der Waals surface area contributed by atoms with E-state index in [9.17, 15) is 0 Å². The molecule has 6 nitrogen and oxygen atoms in total.